The van der Waals surface area contributed by atoms with E-state index in [2.05, 4.69) is 24.4 Å². The van der Waals surface area contributed by atoms with Crippen LogP contribution in [0.25, 0.3) is 0 Å². The van der Waals surface area contributed by atoms with Crippen LogP contribution in [0.4, 0.5) is 0 Å². The molecule has 1 aromatic carbocycles. The van der Waals surface area contributed by atoms with Crippen molar-refractivity contribution in [2.24, 2.45) is 0 Å². The molecule has 0 aliphatic carbocycles. The fourth-order valence-corrected chi connectivity index (χ4v) is 2.69. The SMILES string of the molecule is CCCCCCCCCCNCc1ccc(CCC(=O)O)cc1. The van der Waals surface area contributed by atoms with E-state index in [-0.39, 0.29) is 6.42 Å². The lowest BCUT2D eigenvalue weighted by Crippen LogP contribution is -2.14. The van der Waals surface area contributed by atoms with Crippen molar-refractivity contribution in [3.05, 3.63) is 35.4 Å². The van der Waals surface area contributed by atoms with Crippen LogP contribution in [0.2, 0.25) is 0 Å². The van der Waals surface area contributed by atoms with Gasteiger partial charge in [-0.3, -0.25) is 4.79 Å². The highest BCUT2D eigenvalue weighted by Crippen LogP contribution is 2.09. The Morgan fingerprint density at radius 3 is 2.09 bits per heavy atom. The van der Waals surface area contributed by atoms with Gasteiger partial charge >= 0.3 is 5.97 Å². The normalized spacial score (nSPS) is 10.8. The van der Waals surface area contributed by atoms with Crippen LogP contribution in [0.3, 0.4) is 0 Å². The standard InChI is InChI=1S/C20H33NO2/c1-2-3-4-5-6-7-8-9-16-21-17-19-12-10-18(11-13-19)14-15-20(22)23/h10-13,21H,2-9,14-17H2,1H3,(H,22,23). The third kappa shape index (κ3) is 10.9. The Morgan fingerprint density at radius 2 is 1.48 bits per heavy atom. The van der Waals surface area contributed by atoms with E-state index in [1.165, 1.54) is 56.9 Å². The van der Waals surface area contributed by atoms with E-state index in [4.69, 9.17) is 5.11 Å². The third-order valence-corrected chi connectivity index (χ3v) is 4.19. The quantitative estimate of drug-likeness (QED) is 0.478. The largest absolute Gasteiger partial charge is 0.481 e. The number of carboxylic acid groups (broad SMARTS) is 1. The molecule has 0 aromatic heterocycles. The van der Waals surface area contributed by atoms with Crippen LogP contribution in [0.1, 0.15) is 75.8 Å². The number of rotatable bonds is 14. The van der Waals surface area contributed by atoms with Crippen molar-refractivity contribution in [3.63, 3.8) is 0 Å². The van der Waals surface area contributed by atoms with Crippen molar-refractivity contribution in [3.8, 4) is 0 Å². The van der Waals surface area contributed by atoms with Gasteiger partial charge in [0.25, 0.3) is 0 Å². The summed E-state index contributed by atoms with van der Waals surface area (Å²) in [6.45, 7) is 4.24. The van der Waals surface area contributed by atoms with Crippen molar-refractivity contribution in [2.75, 3.05) is 6.54 Å². The molecule has 3 heteroatoms. The smallest absolute Gasteiger partial charge is 0.303 e. The topological polar surface area (TPSA) is 49.3 Å². The molecule has 0 fully saturated rings. The molecule has 130 valence electrons. The lowest BCUT2D eigenvalue weighted by Gasteiger charge is -2.06. The van der Waals surface area contributed by atoms with E-state index in [9.17, 15) is 4.79 Å². The van der Waals surface area contributed by atoms with Gasteiger partial charge in [0.05, 0.1) is 0 Å². The third-order valence-electron chi connectivity index (χ3n) is 4.19. The highest BCUT2D eigenvalue weighted by atomic mass is 16.4. The molecule has 0 aliphatic heterocycles. The lowest BCUT2D eigenvalue weighted by molar-refractivity contribution is -0.136. The summed E-state index contributed by atoms with van der Waals surface area (Å²) in [7, 11) is 0. The van der Waals surface area contributed by atoms with Crippen LogP contribution >= 0.6 is 0 Å². The molecular formula is C20H33NO2. The first-order valence-electron chi connectivity index (χ1n) is 9.22. The van der Waals surface area contributed by atoms with Crippen LogP contribution in [0.5, 0.6) is 0 Å². The van der Waals surface area contributed by atoms with E-state index in [1.54, 1.807) is 0 Å². The van der Waals surface area contributed by atoms with E-state index in [0.29, 0.717) is 6.42 Å². The Balaban J connectivity index is 2.00. The number of carboxylic acids is 1. The molecule has 0 bridgehead atoms. The molecule has 0 unspecified atom stereocenters. The van der Waals surface area contributed by atoms with Crippen molar-refractivity contribution in [1.82, 2.24) is 5.32 Å². The molecule has 0 amide bonds. The molecule has 1 aromatic rings. The molecule has 2 N–H and O–H groups in total. The molecule has 0 saturated heterocycles. The fraction of sp³-hybridized carbons (Fsp3) is 0.650. The zero-order valence-corrected chi connectivity index (χ0v) is 14.7. The lowest BCUT2D eigenvalue weighted by atomic mass is 10.1. The first-order valence-corrected chi connectivity index (χ1v) is 9.22. The van der Waals surface area contributed by atoms with Gasteiger partial charge in [0.1, 0.15) is 0 Å². The summed E-state index contributed by atoms with van der Waals surface area (Å²) in [4.78, 5) is 10.5. The van der Waals surface area contributed by atoms with E-state index in [1.807, 2.05) is 12.1 Å². The summed E-state index contributed by atoms with van der Waals surface area (Å²) < 4.78 is 0. The summed E-state index contributed by atoms with van der Waals surface area (Å²) in [5, 5.41) is 12.2. The molecule has 3 nitrogen and oxygen atoms in total. The number of aryl methyl sites for hydroxylation is 1. The number of nitrogens with one attached hydrogen (secondary N) is 1. The molecule has 0 radical (unpaired) electrons. The Kier molecular flexibility index (Phi) is 11.2. The Bertz CT molecular complexity index is 414. The molecule has 0 spiro atoms. The minimum Gasteiger partial charge on any atom is -0.481 e. The number of aliphatic carboxylic acids is 1. The second kappa shape index (κ2) is 13.1. The second-order valence-electron chi connectivity index (χ2n) is 6.36. The van der Waals surface area contributed by atoms with Crippen LogP contribution in [-0.2, 0) is 17.8 Å². The number of unbranched alkanes of at least 4 members (excludes halogenated alkanes) is 7. The monoisotopic (exact) mass is 319 g/mol. The zero-order chi connectivity index (χ0) is 16.8. The number of hydrogen-bond donors (Lipinski definition) is 2. The Morgan fingerprint density at radius 1 is 0.913 bits per heavy atom. The molecule has 1 rings (SSSR count). The van der Waals surface area contributed by atoms with Gasteiger partial charge in [-0.2, -0.15) is 0 Å². The van der Waals surface area contributed by atoms with Gasteiger partial charge in [0, 0.05) is 13.0 Å². The molecule has 0 atom stereocenters. The average Bonchev–Trinajstić information content (AvgIpc) is 2.55. The minimum absolute atomic E-state index is 0.204. The van der Waals surface area contributed by atoms with Crippen molar-refractivity contribution < 1.29 is 9.90 Å². The van der Waals surface area contributed by atoms with Gasteiger partial charge in [-0.25, -0.2) is 0 Å². The van der Waals surface area contributed by atoms with Crippen molar-refractivity contribution in [1.29, 1.82) is 0 Å². The van der Waals surface area contributed by atoms with E-state index in [0.717, 1.165) is 18.7 Å². The summed E-state index contributed by atoms with van der Waals surface area (Å²) in [5.41, 5.74) is 2.36. The summed E-state index contributed by atoms with van der Waals surface area (Å²) in [5.74, 6) is -0.735. The maximum absolute atomic E-state index is 10.5. The maximum atomic E-state index is 10.5. The van der Waals surface area contributed by atoms with Gasteiger partial charge in [-0.05, 0) is 30.5 Å². The van der Waals surface area contributed by atoms with Crippen LogP contribution in [0.15, 0.2) is 24.3 Å². The molecular weight excluding hydrogens is 286 g/mol. The van der Waals surface area contributed by atoms with Gasteiger partial charge in [0.15, 0.2) is 0 Å². The maximum Gasteiger partial charge on any atom is 0.303 e. The fourth-order valence-electron chi connectivity index (χ4n) is 2.69. The van der Waals surface area contributed by atoms with Gasteiger partial charge in [-0.15, -0.1) is 0 Å². The van der Waals surface area contributed by atoms with E-state index < -0.39 is 5.97 Å². The minimum atomic E-state index is -0.735. The summed E-state index contributed by atoms with van der Waals surface area (Å²) in [6.07, 6.45) is 11.7. The van der Waals surface area contributed by atoms with Crippen molar-refractivity contribution in [2.45, 2.75) is 77.7 Å². The predicted octanol–water partition coefficient (Wildman–Crippen LogP) is 4.93. The van der Waals surface area contributed by atoms with Crippen molar-refractivity contribution >= 4 is 5.97 Å². The number of hydrogen-bond acceptors (Lipinski definition) is 2. The van der Waals surface area contributed by atoms with E-state index >= 15 is 0 Å². The highest BCUT2D eigenvalue weighted by Gasteiger charge is 1.99. The second-order valence-corrected chi connectivity index (χ2v) is 6.36. The van der Waals surface area contributed by atoms with Gasteiger partial charge in [0.2, 0.25) is 0 Å². The summed E-state index contributed by atoms with van der Waals surface area (Å²) >= 11 is 0. The van der Waals surface area contributed by atoms with Gasteiger partial charge < -0.3 is 10.4 Å². The molecule has 0 heterocycles. The zero-order valence-electron chi connectivity index (χ0n) is 14.7. The Labute approximate surface area is 141 Å². The first kappa shape index (κ1) is 19.7. The van der Waals surface area contributed by atoms with Crippen LogP contribution < -0.4 is 5.32 Å². The highest BCUT2D eigenvalue weighted by molar-refractivity contribution is 5.67. The summed E-state index contributed by atoms with van der Waals surface area (Å²) in [6, 6.07) is 8.27. The predicted molar refractivity (Wildman–Crippen MR) is 96.7 cm³/mol. The van der Waals surface area contributed by atoms with Crippen LogP contribution in [0, 0.1) is 0 Å². The average molecular weight is 319 g/mol. The molecule has 0 aliphatic rings. The molecule has 0 saturated carbocycles. The van der Waals surface area contributed by atoms with Crippen LogP contribution in [-0.4, -0.2) is 17.6 Å². The first-order chi connectivity index (χ1) is 11.2. The number of benzene rings is 1. The number of carbonyl (C=O) groups is 1. The van der Waals surface area contributed by atoms with Gasteiger partial charge in [-0.1, -0.05) is 76.1 Å². The Hall–Kier alpha value is -1.35. The molecule has 23 heavy (non-hydrogen) atoms.